The van der Waals surface area contributed by atoms with Crippen molar-refractivity contribution in [2.75, 3.05) is 18.1 Å². The number of carbonyl (C=O) groups excluding carboxylic acids is 2. The fourth-order valence-corrected chi connectivity index (χ4v) is 2.75. The van der Waals surface area contributed by atoms with Crippen molar-refractivity contribution < 1.29 is 14.3 Å². The van der Waals surface area contributed by atoms with E-state index in [2.05, 4.69) is 16.8 Å². The molecule has 6 nitrogen and oxygen atoms in total. The molecule has 0 unspecified atom stereocenters. The van der Waals surface area contributed by atoms with Crippen LogP contribution in [0.3, 0.4) is 0 Å². The predicted octanol–water partition coefficient (Wildman–Crippen LogP) is 3.17. The summed E-state index contributed by atoms with van der Waals surface area (Å²) in [5.41, 5.74) is 8.59. The van der Waals surface area contributed by atoms with Gasteiger partial charge in [0.1, 0.15) is 0 Å². The van der Waals surface area contributed by atoms with E-state index in [1.165, 1.54) is 6.08 Å². The highest BCUT2D eigenvalue weighted by Gasteiger charge is 2.10. The van der Waals surface area contributed by atoms with Gasteiger partial charge in [0.25, 0.3) is 0 Å². The maximum absolute atomic E-state index is 11.7. The Kier molecular flexibility index (Phi) is 7.55. The number of ether oxygens (including phenoxy) is 1. The van der Waals surface area contributed by atoms with E-state index in [1.54, 1.807) is 37.5 Å². The van der Waals surface area contributed by atoms with Gasteiger partial charge in [-0.25, -0.2) is 4.79 Å². The third kappa shape index (κ3) is 6.26. The number of pyridine rings is 1. The molecule has 0 radical (unpaired) electrons. The maximum atomic E-state index is 11.7. The lowest BCUT2D eigenvalue weighted by Gasteiger charge is -2.24. The van der Waals surface area contributed by atoms with E-state index in [0.717, 1.165) is 29.8 Å². The van der Waals surface area contributed by atoms with E-state index < -0.39 is 11.9 Å². The molecule has 6 heteroatoms. The van der Waals surface area contributed by atoms with Crippen molar-refractivity contribution in [1.82, 2.24) is 4.98 Å². The first-order chi connectivity index (χ1) is 13.0. The number of esters is 1. The number of hydrogen-bond donors (Lipinski definition) is 1. The van der Waals surface area contributed by atoms with Crippen LogP contribution in [-0.4, -0.2) is 30.0 Å². The molecule has 1 aromatic carbocycles. The van der Waals surface area contributed by atoms with Gasteiger partial charge in [-0.2, -0.15) is 0 Å². The number of primary amides is 1. The monoisotopic (exact) mass is 367 g/mol. The molecule has 2 N–H and O–H groups in total. The van der Waals surface area contributed by atoms with Gasteiger partial charge in [0, 0.05) is 42.8 Å². The van der Waals surface area contributed by atoms with Crippen molar-refractivity contribution in [2.45, 2.75) is 26.8 Å². The highest BCUT2D eigenvalue weighted by molar-refractivity contribution is 5.94. The fraction of sp³-hybridized carbons (Fsp3) is 0.286. The van der Waals surface area contributed by atoms with E-state index in [1.807, 2.05) is 18.2 Å². The summed E-state index contributed by atoms with van der Waals surface area (Å²) in [7, 11) is 0. The number of aromatic nitrogens is 1. The van der Waals surface area contributed by atoms with Crippen molar-refractivity contribution in [1.29, 1.82) is 0 Å². The Hall–Kier alpha value is -3.15. The Morgan fingerprint density at radius 2 is 1.93 bits per heavy atom. The van der Waals surface area contributed by atoms with Crippen LogP contribution < -0.4 is 10.6 Å². The van der Waals surface area contributed by atoms with Crippen molar-refractivity contribution in [3.8, 4) is 0 Å². The highest BCUT2D eigenvalue weighted by atomic mass is 16.5. The number of carbonyl (C=O) groups is 2. The average Bonchev–Trinajstić information content (AvgIpc) is 2.67. The Labute approximate surface area is 159 Å². The minimum absolute atomic E-state index is 0.313. The molecule has 0 aliphatic carbocycles. The fourth-order valence-electron chi connectivity index (χ4n) is 2.75. The van der Waals surface area contributed by atoms with Crippen LogP contribution in [0.4, 0.5) is 5.69 Å². The first-order valence-corrected chi connectivity index (χ1v) is 8.97. The van der Waals surface area contributed by atoms with E-state index >= 15 is 0 Å². The van der Waals surface area contributed by atoms with Crippen molar-refractivity contribution in [3.63, 3.8) is 0 Å². The summed E-state index contributed by atoms with van der Waals surface area (Å²) in [5, 5.41) is 0. The second-order valence-corrected chi connectivity index (χ2v) is 6.04. The van der Waals surface area contributed by atoms with Gasteiger partial charge in [-0.3, -0.25) is 9.78 Å². The van der Waals surface area contributed by atoms with Crippen LogP contribution in [0.2, 0.25) is 0 Å². The molecule has 0 saturated carbocycles. The number of anilines is 1. The quantitative estimate of drug-likeness (QED) is 0.543. The Balaban J connectivity index is 2.31. The topological polar surface area (TPSA) is 85.5 Å². The van der Waals surface area contributed by atoms with E-state index in [9.17, 15) is 9.59 Å². The molecule has 0 aliphatic heterocycles. The van der Waals surface area contributed by atoms with Crippen LogP contribution >= 0.6 is 0 Å². The molecule has 0 atom stereocenters. The van der Waals surface area contributed by atoms with E-state index in [-0.39, 0.29) is 0 Å². The minimum atomic E-state index is -0.506. The van der Waals surface area contributed by atoms with Crippen LogP contribution in [0, 0.1) is 0 Å². The second-order valence-electron chi connectivity index (χ2n) is 6.04. The highest BCUT2D eigenvalue weighted by Crippen LogP contribution is 2.19. The van der Waals surface area contributed by atoms with Crippen LogP contribution in [0.25, 0.3) is 6.08 Å². The minimum Gasteiger partial charge on any atom is -0.463 e. The van der Waals surface area contributed by atoms with Crippen LogP contribution in [-0.2, 0) is 16.1 Å². The Morgan fingerprint density at radius 1 is 1.19 bits per heavy atom. The molecule has 0 fully saturated rings. The lowest BCUT2D eigenvalue weighted by molar-refractivity contribution is -0.137. The van der Waals surface area contributed by atoms with Crippen LogP contribution in [0.5, 0.6) is 0 Å². The summed E-state index contributed by atoms with van der Waals surface area (Å²) in [5.74, 6) is -0.929. The van der Waals surface area contributed by atoms with Crippen molar-refractivity contribution >= 4 is 23.6 Å². The molecular formula is C21H25N3O3. The molecule has 0 bridgehead atoms. The molecule has 27 heavy (non-hydrogen) atoms. The SMILES string of the molecule is CCCN(Cc1cc(C=CC(=O)OCC)cc(C(N)=O)c1)c1ccncc1. The number of nitrogens with zero attached hydrogens (tertiary/aromatic N) is 2. The summed E-state index contributed by atoms with van der Waals surface area (Å²) < 4.78 is 4.89. The molecule has 0 aliphatic rings. The van der Waals surface area contributed by atoms with Gasteiger partial charge < -0.3 is 15.4 Å². The zero-order valence-electron chi connectivity index (χ0n) is 15.7. The molecule has 1 heterocycles. The number of rotatable bonds is 9. The standard InChI is InChI=1S/C21H25N3O3/c1-3-11-24(19-7-9-23-10-8-19)15-17-12-16(5-6-20(25)27-4-2)13-18(14-17)21(22)26/h5-10,12-14H,3-4,11,15H2,1-2H3,(H2,22,26). The first kappa shape index (κ1) is 20.2. The number of nitrogens with two attached hydrogens (primary N) is 1. The van der Waals surface area contributed by atoms with Gasteiger partial charge in [0.05, 0.1) is 6.61 Å². The molecule has 0 spiro atoms. The summed E-state index contributed by atoms with van der Waals surface area (Å²) in [6, 6.07) is 9.29. The number of amides is 1. The average molecular weight is 367 g/mol. The largest absolute Gasteiger partial charge is 0.463 e. The molecule has 1 aromatic heterocycles. The van der Waals surface area contributed by atoms with Gasteiger partial charge in [0.15, 0.2) is 0 Å². The summed E-state index contributed by atoms with van der Waals surface area (Å²) in [6.07, 6.45) is 7.47. The molecule has 1 amide bonds. The Morgan fingerprint density at radius 3 is 2.56 bits per heavy atom. The van der Waals surface area contributed by atoms with Gasteiger partial charge in [-0.15, -0.1) is 0 Å². The van der Waals surface area contributed by atoms with Crippen LogP contribution in [0.1, 0.15) is 41.8 Å². The van der Waals surface area contributed by atoms with Gasteiger partial charge in [0.2, 0.25) is 5.91 Å². The smallest absolute Gasteiger partial charge is 0.330 e. The number of hydrogen-bond acceptors (Lipinski definition) is 5. The maximum Gasteiger partial charge on any atom is 0.330 e. The summed E-state index contributed by atoms with van der Waals surface area (Å²) in [6.45, 7) is 5.65. The molecule has 2 rings (SSSR count). The lowest BCUT2D eigenvalue weighted by atomic mass is 10.0. The predicted molar refractivity (Wildman–Crippen MR) is 106 cm³/mol. The summed E-state index contributed by atoms with van der Waals surface area (Å²) >= 11 is 0. The van der Waals surface area contributed by atoms with Crippen molar-refractivity contribution in [3.05, 3.63) is 65.5 Å². The molecular weight excluding hydrogens is 342 g/mol. The Bertz CT molecular complexity index is 804. The van der Waals surface area contributed by atoms with Crippen LogP contribution in [0.15, 0.2) is 48.8 Å². The second kappa shape index (κ2) is 10.1. The zero-order valence-corrected chi connectivity index (χ0v) is 15.7. The summed E-state index contributed by atoms with van der Waals surface area (Å²) in [4.78, 5) is 29.5. The van der Waals surface area contributed by atoms with E-state index in [0.29, 0.717) is 18.7 Å². The normalized spacial score (nSPS) is 10.7. The third-order valence-electron chi connectivity index (χ3n) is 3.89. The lowest BCUT2D eigenvalue weighted by Crippen LogP contribution is -2.24. The van der Waals surface area contributed by atoms with Gasteiger partial charge >= 0.3 is 5.97 Å². The molecule has 0 saturated heterocycles. The number of benzene rings is 1. The van der Waals surface area contributed by atoms with E-state index in [4.69, 9.17) is 10.5 Å². The van der Waals surface area contributed by atoms with Crippen molar-refractivity contribution in [2.24, 2.45) is 5.73 Å². The third-order valence-corrected chi connectivity index (χ3v) is 3.89. The van der Waals surface area contributed by atoms with Gasteiger partial charge in [-0.1, -0.05) is 6.92 Å². The zero-order chi connectivity index (χ0) is 19.6. The molecule has 2 aromatic rings. The molecule has 142 valence electrons. The first-order valence-electron chi connectivity index (χ1n) is 8.97. The van der Waals surface area contributed by atoms with Gasteiger partial charge in [-0.05, 0) is 60.9 Å².